The molecular formula is C15H26N6O3. The van der Waals surface area contributed by atoms with Crippen molar-refractivity contribution >= 4 is 12.0 Å². The highest BCUT2D eigenvalue weighted by molar-refractivity contribution is 5.86. The molecule has 24 heavy (non-hydrogen) atoms. The summed E-state index contributed by atoms with van der Waals surface area (Å²) in [6, 6.07) is -1.03. The van der Waals surface area contributed by atoms with Gasteiger partial charge in [0.1, 0.15) is 11.6 Å². The molecule has 0 N–H and O–H groups in total. The first-order chi connectivity index (χ1) is 11.2. The van der Waals surface area contributed by atoms with Crippen LogP contribution < -0.4 is 0 Å². The van der Waals surface area contributed by atoms with E-state index in [1.807, 2.05) is 7.05 Å². The van der Waals surface area contributed by atoms with Crippen molar-refractivity contribution in [3.63, 3.8) is 0 Å². The van der Waals surface area contributed by atoms with Crippen molar-refractivity contribution in [2.45, 2.75) is 44.9 Å². The second-order valence-corrected chi connectivity index (χ2v) is 7.37. The summed E-state index contributed by atoms with van der Waals surface area (Å²) in [5.41, 5.74) is 8.02. The Balaban J connectivity index is 2.12. The Morgan fingerprint density at radius 1 is 1.21 bits per heavy atom. The number of azide groups is 1. The van der Waals surface area contributed by atoms with Gasteiger partial charge >= 0.3 is 6.09 Å². The van der Waals surface area contributed by atoms with Crippen molar-refractivity contribution in [3.05, 3.63) is 10.4 Å². The van der Waals surface area contributed by atoms with Crippen LogP contribution >= 0.6 is 0 Å². The van der Waals surface area contributed by atoms with E-state index in [4.69, 9.17) is 10.3 Å². The molecule has 0 aromatic heterocycles. The van der Waals surface area contributed by atoms with E-state index >= 15 is 0 Å². The molecule has 0 radical (unpaired) electrons. The molecule has 0 aromatic rings. The normalized spacial score (nSPS) is 25.3. The minimum Gasteiger partial charge on any atom is -0.444 e. The fraction of sp³-hybridized carbons (Fsp3) is 0.867. The number of hydrogen-bond donors (Lipinski definition) is 0. The maximum atomic E-state index is 12.9. The predicted molar refractivity (Wildman–Crippen MR) is 88.4 cm³/mol. The van der Waals surface area contributed by atoms with E-state index in [-0.39, 0.29) is 12.5 Å². The average Bonchev–Trinajstić information content (AvgIpc) is 2.90. The number of piperazine rings is 1. The average molecular weight is 338 g/mol. The molecule has 2 saturated heterocycles. The second-order valence-electron chi connectivity index (χ2n) is 7.37. The van der Waals surface area contributed by atoms with Crippen molar-refractivity contribution in [1.82, 2.24) is 14.7 Å². The van der Waals surface area contributed by atoms with Crippen molar-refractivity contribution in [3.8, 4) is 0 Å². The third kappa shape index (κ3) is 4.52. The fourth-order valence-electron chi connectivity index (χ4n) is 2.96. The number of hydrogen-bond acceptors (Lipinski definition) is 5. The zero-order valence-electron chi connectivity index (χ0n) is 14.8. The van der Waals surface area contributed by atoms with E-state index in [1.54, 1.807) is 25.7 Å². The smallest absolute Gasteiger partial charge is 0.410 e. The number of likely N-dealkylation sites (N-methyl/N-ethyl adjacent to an activating group) is 1. The highest BCUT2D eigenvalue weighted by Gasteiger charge is 2.43. The number of carbonyl (C=O) groups excluding carboxylic acids is 2. The maximum absolute atomic E-state index is 12.9. The van der Waals surface area contributed by atoms with Gasteiger partial charge in [0.05, 0.1) is 6.04 Å². The summed E-state index contributed by atoms with van der Waals surface area (Å²) in [6.07, 6.45) is -0.195. The number of ether oxygens (including phenoxy) is 1. The Bertz CT molecular complexity index is 532. The summed E-state index contributed by atoms with van der Waals surface area (Å²) < 4.78 is 5.41. The minimum absolute atomic E-state index is 0.0930. The quantitative estimate of drug-likeness (QED) is 0.432. The largest absolute Gasteiger partial charge is 0.444 e. The molecule has 1 unspecified atom stereocenters. The van der Waals surface area contributed by atoms with Crippen LogP contribution in [0.3, 0.4) is 0 Å². The third-order valence-electron chi connectivity index (χ3n) is 4.22. The van der Waals surface area contributed by atoms with Crippen LogP contribution in [-0.2, 0) is 9.53 Å². The number of carbonyl (C=O) groups is 2. The molecule has 2 heterocycles. The third-order valence-corrected chi connectivity index (χ3v) is 4.22. The topological polar surface area (TPSA) is 102 Å². The molecule has 2 aliphatic heterocycles. The van der Waals surface area contributed by atoms with E-state index in [2.05, 4.69) is 14.9 Å². The second kappa shape index (κ2) is 7.27. The van der Waals surface area contributed by atoms with E-state index in [0.29, 0.717) is 19.5 Å². The number of rotatable bonds is 2. The Hall–Kier alpha value is -1.99. The molecule has 0 spiro atoms. The van der Waals surface area contributed by atoms with Gasteiger partial charge in [-0.1, -0.05) is 5.11 Å². The molecule has 0 aliphatic carbocycles. The van der Waals surface area contributed by atoms with Crippen molar-refractivity contribution in [2.24, 2.45) is 5.11 Å². The first-order valence-electron chi connectivity index (χ1n) is 8.22. The lowest BCUT2D eigenvalue weighted by molar-refractivity contribution is -0.137. The molecule has 0 saturated carbocycles. The van der Waals surface area contributed by atoms with Gasteiger partial charge in [0.15, 0.2) is 0 Å². The molecule has 2 atom stereocenters. The Labute approximate surface area is 142 Å². The van der Waals surface area contributed by atoms with Gasteiger partial charge in [0.2, 0.25) is 5.91 Å². The first kappa shape index (κ1) is 18.4. The molecule has 2 aliphatic rings. The van der Waals surface area contributed by atoms with Crippen LogP contribution in [0.15, 0.2) is 5.11 Å². The van der Waals surface area contributed by atoms with Crippen molar-refractivity contribution in [2.75, 3.05) is 39.8 Å². The minimum atomic E-state index is -0.644. The van der Waals surface area contributed by atoms with Gasteiger partial charge in [-0.25, -0.2) is 4.79 Å². The van der Waals surface area contributed by atoms with Crippen LogP contribution in [0, 0.1) is 0 Å². The van der Waals surface area contributed by atoms with Crippen LogP contribution in [-0.4, -0.2) is 84.2 Å². The summed E-state index contributed by atoms with van der Waals surface area (Å²) in [5.74, 6) is -0.0930. The van der Waals surface area contributed by atoms with Crippen LogP contribution in [0.5, 0.6) is 0 Å². The zero-order valence-corrected chi connectivity index (χ0v) is 14.8. The van der Waals surface area contributed by atoms with Gasteiger partial charge in [-0.15, -0.1) is 0 Å². The Kier molecular flexibility index (Phi) is 5.56. The van der Waals surface area contributed by atoms with Gasteiger partial charge in [-0.05, 0) is 39.8 Å². The van der Waals surface area contributed by atoms with Gasteiger partial charge in [0, 0.05) is 37.6 Å². The molecule has 2 amide bonds. The van der Waals surface area contributed by atoms with Gasteiger partial charge < -0.3 is 14.5 Å². The first-order valence-corrected chi connectivity index (χ1v) is 8.22. The van der Waals surface area contributed by atoms with Crippen LogP contribution in [0.4, 0.5) is 4.79 Å². The van der Waals surface area contributed by atoms with Crippen LogP contribution in [0.1, 0.15) is 27.2 Å². The van der Waals surface area contributed by atoms with E-state index in [1.165, 1.54) is 4.90 Å². The summed E-state index contributed by atoms with van der Waals surface area (Å²) >= 11 is 0. The molecule has 9 heteroatoms. The molecule has 0 bridgehead atoms. The molecule has 2 rings (SSSR count). The van der Waals surface area contributed by atoms with Crippen molar-refractivity contribution in [1.29, 1.82) is 0 Å². The van der Waals surface area contributed by atoms with Gasteiger partial charge in [-0.3, -0.25) is 9.69 Å². The van der Waals surface area contributed by atoms with E-state index in [0.717, 1.165) is 13.1 Å². The number of likely N-dealkylation sites (tertiary alicyclic amines) is 1. The lowest BCUT2D eigenvalue weighted by Crippen LogP contribution is -2.54. The Morgan fingerprint density at radius 3 is 2.38 bits per heavy atom. The highest BCUT2D eigenvalue weighted by atomic mass is 16.6. The number of nitrogens with zero attached hydrogens (tertiary/aromatic N) is 6. The standard InChI is InChI=1S/C15H26N6O3/c1-15(2,3)24-14(23)21-10-11(17-18-16)9-12(21)13(22)20-7-5-19(4)6-8-20/h11-12H,5-10H2,1-4H3/t11-,12?/m0/s1. The summed E-state index contributed by atoms with van der Waals surface area (Å²) in [5, 5.41) is 3.69. The zero-order chi connectivity index (χ0) is 17.9. The van der Waals surface area contributed by atoms with E-state index in [9.17, 15) is 9.59 Å². The lowest BCUT2D eigenvalue weighted by Gasteiger charge is -2.36. The molecule has 134 valence electrons. The van der Waals surface area contributed by atoms with Crippen molar-refractivity contribution < 1.29 is 14.3 Å². The molecule has 0 aromatic carbocycles. The highest BCUT2D eigenvalue weighted by Crippen LogP contribution is 2.25. The molecular weight excluding hydrogens is 312 g/mol. The Morgan fingerprint density at radius 2 is 1.83 bits per heavy atom. The SMILES string of the molecule is CN1CCN(C(=O)C2C[C@H](N=[N+]=[N-])CN2C(=O)OC(C)(C)C)CC1. The summed E-state index contributed by atoms with van der Waals surface area (Å²) in [4.78, 5) is 33.5. The van der Waals surface area contributed by atoms with Gasteiger partial charge in [-0.2, -0.15) is 0 Å². The van der Waals surface area contributed by atoms with E-state index < -0.39 is 23.8 Å². The van der Waals surface area contributed by atoms with Crippen LogP contribution in [0.25, 0.3) is 10.4 Å². The predicted octanol–water partition coefficient (Wildman–Crippen LogP) is 1.45. The fourth-order valence-corrected chi connectivity index (χ4v) is 2.96. The molecule has 2 fully saturated rings. The molecule has 9 nitrogen and oxygen atoms in total. The van der Waals surface area contributed by atoms with Gasteiger partial charge in [0.25, 0.3) is 0 Å². The summed E-state index contributed by atoms with van der Waals surface area (Å²) in [7, 11) is 2.02. The monoisotopic (exact) mass is 338 g/mol. The number of amides is 2. The maximum Gasteiger partial charge on any atom is 0.410 e. The lowest BCUT2D eigenvalue weighted by atomic mass is 10.1. The summed E-state index contributed by atoms with van der Waals surface area (Å²) in [6.45, 7) is 8.45. The van der Waals surface area contributed by atoms with Crippen LogP contribution in [0.2, 0.25) is 0 Å².